The molecule has 0 radical (unpaired) electrons. The first-order valence-corrected chi connectivity index (χ1v) is 6.70. The van der Waals surface area contributed by atoms with Gasteiger partial charge in [0.1, 0.15) is 5.54 Å². The van der Waals surface area contributed by atoms with Crippen molar-refractivity contribution in [1.29, 1.82) is 5.26 Å². The van der Waals surface area contributed by atoms with Gasteiger partial charge in [0.25, 0.3) is 0 Å². The highest BCUT2D eigenvalue weighted by molar-refractivity contribution is 5.80. The Morgan fingerprint density at radius 2 is 2.14 bits per heavy atom. The van der Waals surface area contributed by atoms with Gasteiger partial charge in [0.05, 0.1) is 11.6 Å². The Labute approximate surface area is 122 Å². The molecular weight excluding hydrogens is 270 g/mol. The molecule has 2 atom stereocenters. The van der Waals surface area contributed by atoms with Gasteiger partial charge in [0, 0.05) is 25.9 Å². The monoisotopic (exact) mass is 287 g/mol. The van der Waals surface area contributed by atoms with E-state index < -0.39 is 11.5 Å². The van der Waals surface area contributed by atoms with Gasteiger partial charge in [-0.1, -0.05) is 12.1 Å². The number of nitrogens with one attached hydrogen (secondary N) is 2. The van der Waals surface area contributed by atoms with Crippen LogP contribution >= 0.6 is 0 Å². The number of rotatable bonds is 4. The Morgan fingerprint density at radius 1 is 1.48 bits per heavy atom. The average Bonchev–Trinajstić information content (AvgIpc) is 2.83. The molecule has 21 heavy (non-hydrogen) atoms. The third-order valence-corrected chi connectivity index (χ3v) is 3.69. The zero-order valence-corrected chi connectivity index (χ0v) is 11.7. The molecule has 1 amide bonds. The molecule has 0 bridgehead atoms. The molecule has 1 aromatic rings. The number of carboxylic acid groups (broad SMARTS) is 1. The van der Waals surface area contributed by atoms with Crippen LogP contribution in [0.4, 0.5) is 0 Å². The number of benzene rings is 1. The van der Waals surface area contributed by atoms with E-state index in [9.17, 15) is 14.7 Å². The van der Waals surface area contributed by atoms with Crippen molar-refractivity contribution in [3.63, 3.8) is 0 Å². The third kappa shape index (κ3) is 3.38. The lowest BCUT2D eigenvalue weighted by molar-refractivity contribution is -0.144. The quantitative estimate of drug-likeness (QED) is 0.745. The molecule has 0 saturated carbocycles. The molecule has 1 aliphatic rings. The normalized spacial score (nSPS) is 24.3. The molecule has 110 valence electrons. The molecule has 0 aliphatic carbocycles. The summed E-state index contributed by atoms with van der Waals surface area (Å²) in [4.78, 5) is 22.7. The van der Waals surface area contributed by atoms with Crippen LogP contribution in [-0.2, 0) is 16.0 Å². The van der Waals surface area contributed by atoms with Crippen molar-refractivity contribution in [3.05, 3.63) is 35.4 Å². The minimum Gasteiger partial charge on any atom is -0.480 e. The zero-order chi connectivity index (χ0) is 15.5. The van der Waals surface area contributed by atoms with Crippen molar-refractivity contribution in [2.45, 2.75) is 31.3 Å². The Bertz CT molecular complexity index is 591. The smallest absolute Gasteiger partial charge is 0.324 e. The Kier molecular flexibility index (Phi) is 4.24. The summed E-state index contributed by atoms with van der Waals surface area (Å²) in [6, 6.07) is 8.71. The number of carboxylic acids is 1. The molecule has 1 aromatic carbocycles. The van der Waals surface area contributed by atoms with Crippen LogP contribution in [-0.4, -0.2) is 35.1 Å². The van der Waals surface area contributed by atoms with Gasteiger partial charge in [0.2, 0.25) is 5.91 Å². The maximum atomic E-state index is 11.7. The molecule has 1 fully saturated rings. The summed E-state index contributed by atoms with van der Waals surface area (Å²) in [5, 5.41) is 24.1. The fraction of sp³-hybridized carbons (Fsp3) is 0.400. The molecule has 1 saturated heterocycles. The van der Waals surface area contributed by atoms with Gasteiger partial charge < -0.3 is 10.4 Å². The number of amides is 1. The van der Waals surface area contributed by atoms with Gasteiger partial charge in [-0.25, -0.2) is 0 Å². The number of hydrogen-bond donors (Lipinski definition) is 3. The molecule has 1 heterocycles. The van der Waals surface area contributed by atoms with Crippen LogP contribution < -0.4 is 10.6 Å². The molecular formula is C15H17N3O3. The van der Waals surface area contributed by atoms with Gasteiger partial charge in [-0.3, -0.25) is 14.9 Å². The second-order valence-electron chi connectivity index (χ2n) is 5.36. The third-order valence-electron chi connectivity index (χ3n) is 3.69. The number of nitrogens with zero attached hydrogens (tertiary/aromatic N) is 1. The van der Waals surface area contributed by atoms with Gasteiger partial charge in [-0.05, 0) is 24.1 Å². The highest BCUT2D eigenvalue weighted by Gasteiger charge is 2.45. The fourth-order valence-electron chi connectivity index (χ4n) is 2.69. The maximum absolute atomic E-state index is 11.7. The summed E-state index contributed by atoms with van der Waals surface area (Å²) in [7, 11) is 0. The lowest BCUT2D eigenvalue weighted by atomic mass is 9.88. The molecule has 6 nitrogen and oxygen atoms in total. The van der Waals surface area contributed by atoms with Crippen LogP contribution in [0, 0.1) is 11.3 Å². The van der Waals surface area contributed by atoms with E-state index in [4.69, 9.17) is 5.26 Å². The van der Waals surface area contributed by atoms with Crippen LogP contribution in [0.2, 0.25) is 0 Å². The number of carbonyl (C=O) groups excluding carboxylic acids is 1. The minimum absolute atomic E-state index is 0.165. The number of aliphatic carboxylic acids is 1. The molecule has 6 heteroatoms. The number of carbonyl (C=O) groups is 2. The van der Waals surface area contributed by atoms with Crippen molar-refractivity contribution in [2.75, 3.05) is 6.54 Å². The predicted octanol–water partition coefficient (Wildman–Crippen LogP) is 0.422. The van der Waals surface area contributed by atoms with Crippen molar-refractivity contribution < 1.29 is 14.7 Å². The van der Waals surface area contributed by atoms with Gasteiger partial charge in [-0.2, -0.15) is 5.26 Å². The first-order valence-electron chi connectivity index (χ1n) is 6.70. The van der Waals surface area contributed by atoms with Crippen LogP contribution in [0.1, 0.15) is 24.5 Å². The van der Waals surface area contributed by atoms with Crippen LogP contribution in [0.3, 0.4) is 0 Å². The van der Waals surface area contributed by atoms with E-state index in [-0.39, 0.29) is 11.9 Å². The van der Waals surface area contributed by atoms with E-state index >= 15 is 0 Å². The molecule has 0 aromatic heterocycles. The van der Waals surface area contributed by atoms with E-state index in [1.807, 2.05) is 6.07 Å². The molecule has 2 rings (SSSR count). The standard InChI is InChI=1S/C15H17N3O3/c1-10(19)18-13-7-15(14(20)21,17-9-13)6-11-2-4-12(8-16)5-3-11/h2-5,13,17H,6-7,9H2,1H3,(H,18,19)(H,20,21)/t13-,15-/m0/s1. The fourth-order valence-corrected chi connectivity index (χ4v) is 2.69. The van der Waals surface area contributed by atoms with Crippen LogP contribution in [0.5, 0.6) is 0 Å². The highest BCUT2D eigenvalue weighted by Crippen LogP contribution is 2.25. The summed E-state index contributed by atoms with van der Waals surface area (Å²) in [6.07, 6.45) is 0.645. The number of nitriles is 1. The summed E-state index contributed by atoms with van der Waals surface area (Å²) < 4.78 is 0. The average molecular weight is 287 g/mol. The van der Waals surface area contributed by atoms with Crippen molar-refractivity contribution in [1.82, 2.24) is 10.6 Å². The van der Waals surface area contributed by atoms with E-state index in [2.05, 4.69) is 10.6 Å². The SMILES string of the molecule is CC(=O)N[C@@H]1CN[C@](Cc2ccc(C#N)cc2)(C(=O)O)C1. The zero-order valence-electron chi connectivity index (χ0n) is 11.7. The molecule has 0 unspecified atom stereocenters. The number of hydrogen-bond acceptors (Lipinski definition) is 4. The minimum atomic E-state index is -1.08. The topological polar surface area (TPSA) is 102 Å². The van der Waals surface area contributed by atoms with E-state index in [1.54, 1.807) is 24.3 Å². The Morgan fingerprint density at radius 3 is 2.67 bits per heavy atom. The first-order chi connectivity index (χ1) is 9.95. The maximum Gasteiger partial charge on any atom is 0.324 e. The largest absolute Gasteiger partial charge is 0.480 e. The summed E-state index contributed by atoms with van der Waals surface area (Å²) >= 11 is 0. The van der Waals surface area contributed by atoms with Crippen molar-refractivity contribution in [3.8, 4) is 6.07 Å². The lowest BCUT2D eigenvalue weighted by Gasteiger charge is -2.25. The van der Waals surface area contributed by atoms with Gasteiger partial charge in [0.15, 0.2) is 0 Å². The Balaban J connectivity index is 2.14. The molecule has 3 N–H and O–H groups in total. The predicted molar refractivity (Wildman–Crippen MR) is 75.5 cm³/mol. The molecule has 0 spiro atoms. The summed E-state index contributed by atoms with van der Waals surface area (Å²) in [6.45, 7) is 1.85. The van der Waals surface area contributed by atoms with Crippen LogP contribution in [0.25, 0.3) is 0 Å². The van der Waals surface area contributed by atoms with E-state index in [0.29, 0.717) is 24.9 Å². The summed E-state index contributed by atoms with van der Waals surface area (Å²) in [5.74, 6) is -1.10. The second-order valence-corrected chi connectivity index (χ2v) is 5.36. The van der Waals surface area contributed by atoms with Gasteiger partial charge in [-0.15, -0.1) is 0 Å². The van der Waals surface area contributed by atoms with Crippen molar-refractivity contribution in [2.24, 2.45) is 0 Å². The van der Waals surface area contributed by atoms with Crippen molar-refractivity contribution >= 4 is 11.9 Å². The highest BCUT2D eigenvalue weighted by atomic mass is 16.4. The van der Waals surface area contributed by atoms with Crippen LogP contribution in [0.15, 0.2) is 24.3 Å². The van der Waals surface area contributed by atoms with E-state index in [0.717, 1.165) is 5.56 Å². The molecule has 1 aliphatic heterocycles. The second kappa shape index (κ2) is 5.94. The Hall–Kier alpha value is -2.39. The summed E-state index contributed by atoms with van der Waals surface area (Å²) in [5.41, 5.74) is 0.298. The first kappa shape index (κ1) is 15.0. The lowest BCUT2D eigenvalue weighted by Crippen LogP contribution is -2.49. The van der Waals surface area contributed by atoms with Gasteiger partial charge >= 0.3 is 5.97 Å². The van der Waals surface area contributed by atoms with E-state index in [1.165, 1.54) is 6.92 Å².